The zero-order valence-corrected chi connectivity index (χ0v) is 77.4. The Morgan fingerprint density at radius 2 is 0.776 bits per heavy atom. The van der Waals surface area contributed by atoms with Gasteiger partial charge in [0.05, 0.1) is 117 Å². The molecule has 10 aromatic heterocycles. The Morgan fingerprint density at radius 1 is 0.472 bits per heavy atom. The molecule has 0 spiro atoms. The minimum Gasteiger partial charge on any atom is -0.481 e. The van der Waals surface area contributed by atoms with Crippen molar-refractivity contribution < 1.29 is 120 Å². The number of alkyl halides is 1. The summed E-state index contributed by atoms with van der Waals surface area (Å²) in [5.74, 6) is -4.87. The number of aromatic nitrogens is 16. The van der Waals surface area contributed by atoms with E-state index in [2.05, 4.69) is 89.3 Å². The molecule has 0 saturated heterocycles. The number of Topliss-reactive ketones (excluding diaryl/α,β-unsaturated/α-hetero) is 5. The van der Waals surface area contributed by atoms with Crippen LogP contribution < -0.4 is 11.7 Å². The number of ether oxygens (including phenoxy) is 7. The molecule has 10 aromatic rings. The molecule has 10 heterocycles. The molecule has 10 rings (SSSR count). The minimum absolute atomic E-state index is 0. The average Bonchev–Trinajstić information content (AvgIpc) is 1.68. The molecule has 0 fully saturated rings. The van der Waals surface area contributed by atoms with Crippen LogP contribution >= 0.6 is 62.1 Å². The summed E-state index contributed by atoms with van der Waals surface area (Å²) >= 11 is 24.8. The molecule has 50 heteroatoms. The number of carbonyl (C=O) groups excluding carboxylic acids is 12. The number of rotatable bonds is 20. The number of hydrogen-bond acceptors (Lipinski definition) is 35. The monoisotopic (exact) mass is 1880 g/mol. The van der Waals surface area contributed by atoms with Crippen molar-refractivity contribution in [2.75, 3.05) is 58.7 Å². The van der Waals surface area contributed by atoms with Crippen LogP contribution in [0.4, 0.5) is 0 Å². The highest BCUT2D eigenvalue weighted by atomic mass is 36.0. The number of nitrogens with zero attached hydrogens (tertiary/aromatic N) is 14. The Morgan fingerprint density at radius 3 is 1.14 bits per heavy atom. The van der Waals surface area contributed by atoms with Crippen LogP contribution in [-0.4, -0.2) is 241 Å². The molecule has 0 amide bonds. The van der Waals surface area contributed by atoms with E-state index in [0.29, 0.717) is 46.5 Å². The number of aliphatic carboxylic acids is 1. The second-order valence-corrected chi connectivity index (χ2v) is 31.5. The third-order valence-electron chi connectivity index (χ3n) is 12.7. The highest BCUT2D eigenvalue weighted by Crippen LogP contribution is 2.61. The number of halogens is 5. The maximum atomic E-state index is 11.7. The highest BCUT2D eigenvalue weighted by molar-refractivity contribution is 8.24. The van der Waals surface area contributed by atoms with E-state index < -0.39 is 60.1 Å². The minimum atomic E-state index is -3.22. The predicted molar refractivity (Wildman–Crippen MR) is 461 cm³/mol. The molecular weight excluding hydrogens is 1770 g/mol. The Kier molecular flexibility index (Phi) is 58.0. The lowest BCUT2D eigenvalue weighted by atomic mass is 9.99. The maximum Gasteiger partial charge on any atom is 0.448 e. The summed E-state index contributed by atoms with van der Waals surface area (Å²) in [7, 11) is -1.17. The number of nitrogens with one attached hydrogen (secondary N) is 2. The van der Waals surface area contributed by atoms with Gasteiger partial charge in [0, 0.05) is 55.8 Å². The van der Waals surface area contributed by atoms with Crippen molar-refractivity contribution in [3.05, 3.63) is 156 Å². The van der Waals surface area contributed by atoms with Crippen LogP contribution in [0.15, 0.2) is 66.0 Å². The largest absolute Gasteiger partial charge is 0.481 e. The third-order valence-corrected chi connectivity index (χ3v) is 13.3. The molecule has 0 aromatic carbocycles. The zero-order valence-electron chi connectivity index (χ0n) is 72.7. The van der Waals surface area contributed by atoms with Crippen LogP contribution in [0.1, 0.15) is 221 Å². The Hall–Kier alpha value is -11.6. The predicted octanol–water partition coefficient (Wildman–Crippen LogP) is 10.6. The molecule has 125 heavy (non-hydrogen) atoms. The van der Waals surface area contributed by atoms with E-state index in [1.807, 2.05) is 27.7 Å². The van der Waals surface area contributed by atoms with Gasteiger partial charge < -0.3 is 69.3 Å². The van der Waals surface area contributed by atoms with Crippen molar-refractivity contribution >= 4 is 168 Å². The standard InChI is InChI=1S/C12H13N3O2.C12H16N2O5.C11H13N3O2.C10H10ClN3O2.C10H11N3O3.C9H12N2O4.C3H5ClO.C3H6O.C2H4O2.C2H6O.CH5BO2.Cl3OP.H3N/c1-7-6-15-11(9(3)13-7)5-10(14-15)12(17)4-8(2)16;1-4-18-11(16)9-6-10(12(17)19-5-2)14(13-9)7-8(3)15;1-4-16-11(15)9-5-10-8(3)12-7(2)6-14(10)13-9;1-3-16-10(15)7-4-8-9(11)12-6(2)5-14(8)13-7;1-3-16-10(15)7-4-8-9(14)11-6(2)5-13(8)12-7;1-3-14-8(12)6-5-7(11-10-6)9(13)15-4-2;1-3(5)2-4;1-3(2)4;1-2(3)4;1-2-3;1-2(3)4;1-5(2,3)4;/h5-6H,4H2,1-3H3;6H,4-5,7H2,1-3H3;5-6H,4H2,1-3H3;4-5H,3H2,1-2H3;4-5H,3H2,1-2H3,(H,11,14);5H,3-4H2,1-2H3,(H,10,11);2H2,1H3;1-2H3;1H3,(H,3,4);3H,2H2,1H3;3-4H,1H3;;1H3. The summed E-state index contributed by atoms with van der Waals surface area (Å²) in [4.78, 5) is 169. The van der Waals surface area contributed by atoms with Gasteiger partial charge >= 0.3 is 54.1 Å². The number of carbonyl (C=O) groups is 13. The topological polar surface area (TPSA) is 607 Å². The average molecular weight is 1880 g/mol. The Bertz CT molecular complexity index is 5170. The molecule has 0 aliphatic rings. The number of aromatic amines is 2. The van der Waals surface area contributed by atoms with E-state index >= 15 is 0 Å². The van der Waals surface area contributed by atoms with Crippen molar-refractivity contribution in [2.24, 2.45) is 0 Å². The quantitative estimate of drug-likeness (QED) is 0.00709. The van der Waals surface area contributed by atoms with Gasteiger partial charge in [0.15, 0.2) is 45.2 Å². The first kappa shape index (κ1) is 118. The molecule has 0 unspecified atom stereocenters. The lowest BCUT2D eigenvalue weighted by Crippen LogP contribution is -2.16. The van der Waals surface area contributed by atoms with Crippen LogP contribution in [0.25, 0.3) is 22.1 Å². The van der Waals surface area contributed by atoms with Crippen LogP contribution in [0.3, 0.4) is 0 Å². The molecule has 0 aliphatic carbocycles. The summed E-state index contributed by atoms with van der Waals surface area (Å²) in [5.41, 5.74) is 8.29. The zero-order chi connectivity index (χ0) is 95.6. The van der Waals surface area contributed by atoms with Crippen molar-refractivity contribution in [3.63, 3.8) is 0 Å². The van der Waals surface area contributed by atoms with E-state index in [1.54, 1.807) is 121 Å². The van der Waals surface area contributed by atoms with E-state index in [9.17, 15) is 66.9 Å². The van der Waals surface area contributed by atoms with Crippen molar-refractivity contribution in [1.82, 2.24) is 84.5 Å². The van der Waals surface area contributed by atoms with Gasteiger partial charge in [0.2, 0.25) is 0 Å². The number of aryl methyl sites for hydroxylation is 6. The molecule has 0 bridgehead atoms. The Balaban J connectivity index is -0.00000135. The number of H-pyrrole nitrogens is 2. The van der Waals surface area contributed by atoms with Gasteiger partial charge in [0.25, 0.3) is 11.5 Å². The van der Waals surface area contributed by atoms with E-state index in [0.717, 1.165) is 51.1 Å². The number of aliphatic hydroxyl groups excluding tert-OH is 1. The van der Waals surface area contributed by atoms with Gasteiger partial charge in [-0.05, 0) is 178 Å². The van der Waals surface area contributed by atoms with Crippen LogP contribution in [0, 0.1) is 41.5 Å². The Labute approximate surface area is 742 Å². The summed E-state index contributed by atoms with van der Waals surface area (Å²) < 4.78 is 50.4. The van der Waals surface area contributed by atoms with Gasteiger partial charge in [-0.15, -0.1) is 11.6 Å². The van der Waals surface area contributed by atoms with Gasteiger partial charge in [-0.2, -0.15) is 30.6 Å². The lowest BCUT2D eigenvalue weighted by molar-refractivity contribution is -0.134. The fraction of sp³-hybridized carbons (Fsp3) is 0.427. The van der Waals surface area contributed by atoms with Crippen LogP contribution in [0.2, 0.25) is 12.0 Å². The van der Waals surface area contributed by atoms with Gasteiger partial charge in [-0.1, -0.05) is 11.6 Å². The fourth-order valence-corrected chi connectivity index (χ4v) is 8.78. The molecule has 0 saturated carbocycles. The summed E-state index contributed by atoms with van der Waals surface area (Å²) in [6.45, 7) is 36.3. The normalized spacial score (nSPS) is 9.80. The summed E-state index contributed by atoms with van der Waals surface area (Å²) in [6.07, 6.45) is 6.77. The number of ketones is 5. The lowest BCUT2D eigenvalue weighted by Gasteiger charge is -2.04. The summed E-state index contributed by atoms with van der Waals surface area (Å²) in [5, 5.41) is 53.6. The number of fused-ring (bicyclic) bond motifs is 4. The van der Waals surface area contributed by atoms with Crippen LogP contribution in [0.5, 0.6) is 0 Å². The van der Waals surface area contributed by atoms with E-state index in [4.69, 9.17) is 81.4 Å². The third kappa shape index (κ3) is 48.3. The first-order chi connectivity index (χ1) is 57.9. The second kappa shape index (κ2) is 61.7. The number of carboxylic acid groups (broad SMARTS) is 1. The van der Waals surface area contributed by atoms with Crippen LogP contribution in [-0.2, 0) is 68.2 Å². The molecule has 9 N–H and O–H groups in total. The summed E-state index contributed by atoms with van der Waals surface area (Å²) in [6, 6.07) is 8.91. The van der Waals surface area contributed by atoms with Gasteiger partial charge in [-0.25, -0.2) is 61.3 Å². The second-order valence-electron chi connectivity index (χ2n) is 24.2. The van der Waals surface area contributed by atoms with Crippen molar-refractivity contribution in [1.29, 1.82) is 0 Å². The highest BCUT2D eigenvalue weighted by Gasteiger charge is 2.23. The first-order valence-electron chi connectivity index (χ1n) is 36.9. The molecular formula is C75H104BCl5N17O26P. The number of esters is 7. The molecule has 0 aliphatic heterocycles. The van der Waals surface area contributed by atoms with Gasteiger partial charge in [0.1, 0.15) is 52.0 Å². The number of carboxylic acids is 1. The van der Waals surface area contributed by atoms with Gasteiger partial charge in [-0.3, -0.25) is 48.4 Å². The first-order valence-corrected chi connectivity index (χ1v) is 42.2. The SMILES string of the molecule is CB(O)O.CC(=O)CC(=O)c1cc2c(C)nc(C)cn2n1.CC(=O)CCl.CC(=O)O.CC(C)=O.CCO.CCOC(=O)c1cc(C(=O)OCC)[nH]n1.CCOC(=O)c1cc(C(=O)OCC)n(CC(C)=O)n1.CCOC(=O)c1cc2c(=O)[nH]c(C)cn2n1.CCOC(=O)c1cc2c(C)nc(C)cn2n1.CCOC(=O)c1cc2c(Cl)nc(C)cn2n1.N.O=P(Cl)(Cl)Cl. The molecule has 0 radical (unpaired) electrons. The molecule has 0 atom stereocenters. The van der Waals surface area contributed by atoms with Crippen molar-refractivity contribution in [2.45, 2.75) is 158 Å². The van der Waals surface area contributed by atoms with Crippen molar-refractivity contribution in [3.8, 4) is 0 Å². The molecule has 43 nitrogen and oxygen atoms in total. The number of hydrogen-bond donors (Lipinski definition) is 7. The fourth-order valence-electron chi connectivity index (χ4n) is 8.50. The van der Waals surface area contributed by atoms with E-state index in [1.165, 1.54) is 68.7 Å². The maximum absolute atomic E-state index is 11.7. The smallest absolute Gasteiger partial charge is 0.448 e. The van der Waals surface area contributed by atoms with E-state index in [-0.39, 0.29) is 133 Å². The molecule has 688 valence electrons. The number of aliphatic hydroxyl groups is 1.